The van der Waals surface area contributed by atoms with Gasteiger partial charge < -0.3 is 9.30 Å². The van der Waals surface area contributed by atoms with Crippen LogP contribution in [0.2, 0.25) is 0 Å². The Morgan fingerprint density at radius 1 is 1.22 bits per heavy atom. The average molecular weight is 429 g/mol. The van der Waals surface area contributed by atoms with Crippen LogP contribution in [0.4, 0.5) is 5.69 Å². The lowest BCUT2D eigenvalue weighted by Crippen LogP contribution is -2.02. The van der Waals surface area contributed by atoms with Crippen molar-refractivity contribution in [3.8, 4) is 11.4 Å². The molecule has 0 N–H and O–H groups in total. The summed E-state index contributed by atoms with van der Waals surface area (Å²) >= 11 is 0. The van der Waals surface area contributed by atoms with Crippen LogP contribution in [0.15, 0.2) is 79.7 Å². The maximum atomic E-state index is 12.6. The number of nitro groups is 1. The number of hydrogen-bond acceptors (Lipinski definition) is 6. The van der Waals surface area contributed by atoms with Crippen LogP contribution in [0, 0.1) is 10.1 Å². The summed E-state index contributed by atoms with van der Waals surface area (Å²) in [5.74, 6) is 0.504. The zero-order valence-corrected chi connectivity index (χ0v) is 17.2. The van der Waals surface area contributed by atoms with E-state index in [1.807, 2.05) is 35.0 Å². The molecule has 4 aromatic rings. The van der Waals surface area contributed by atoms with Crippen LogP contribution in [0.3, 0.4) is 0 Å². The van der Waals surface area contributed by atoms with E-state index in [2.05, 4.69) is 10.1 Å². The Bertz CT molecular complexity index is 1270. The van der Waals surface area contributed by atoms with E-state index in [9.17, 15) is 14.9 Å². The van der Waals surface area contributed by atoms with Gasteiger partial charge in [0, 0.05) is 29.2 Å². The van der Waals surface area contributed by atoms with Crippen molar-refractivity contribution >= 4 is 17.5 Å². The van der Waals surface area contributed by atoms with Crippen molar-refractivity contribution in [2.75, 3.05) is 7.11 Å². The van der Waals surface area contributed by atoms with Crippen molar-refractivity contribution in [3.63, 3.8) is 0 Å². The number of nitrogens with zero attached hydrogens (tertiary/aromatic N) is 5. The van der Waals surface area contributed by atoms with Gasteiger partial charge in [0.15, 0.2) is 5.78 Å². The molecule has 0 unspecified atom stereocenters. The Hall–Kier alpha value is -4.53. The molecule has 2 heterocycles. The largest absolute Gasteiger partial charge is 0.496 e. The lowest BCUT2D eigenvalue weighted by Gasteiger charge is -2.09. The molecule has 0 spiro atoms. The van der Waals surface area contributed by atoms with Gasteiger partial charge >= 0.3 is 5.69 Å². The molecule has 0 atom stereocenters. The molecule has 4 rings (SSSR count). The molecule has 0 aliphatic carbocycles. The minimum atomic E-state index is -0.493. The number of hydrogen-bond donors (Lipinski definition) is 0. The smallest absolute Gasteiger partial charge is 0.307 e. The quantitative estimate of drug-likeness (QED) is 0.182. The number of carbonyl (C=O) groups excluding carboxylic acids is 1. The van der Waals surface area contributed by atoms with Crippen molar-refractivity contribution in [1.29, 1.82) is 0 Å². The monoisotopic (exact) mass is 429 g/mol. The van der Waals surface area contributed by atoms with E-state index in [4.69, 9.17) is 4.74 Å². The molecule has 9 heteroatoms. The van der Waals surface area contributed by atoms with Crippen LogP contribution < -0.4 is 4.74 Å². The van der Waals surface area contributed by atoms with E-state index in [1.165, 1.54) is 23.2 Å². The van der Waals surface area contributed by atoms with Gasteiger partial charge in [0.1, 0.15) is 18.1 Å². The van der Waals surface area contributed by atoms with E-state index >= 15 is 0 Å². The number of rotatable bonds is 8. The lowest BCUT2D eigenvalue weighted by atomic mass is 10.1. The Morgan fingerprint density at radius 2 is 2.03 bits per heavy atom. The van der Waals surface area contributed by atoms with E-state index in [-0.39, 0.29) is 11.5 Å². The summed E-state index contributed by atoms with van der Waals surface area (Å²) in [5, 5.41) is 14.9. The summed E-state index contributed by atoms with van der Waals surface area (Å²) < 4.78 is 8.72. The van der Waals surface area contributed by atoms with Gasteiger partial charge in [0.2, 0.25) is 0 Å². The van der Waals surface area contributed by atoms with Crippen LogP contribution in [0.25, 0.3) is 11.8 Å². The van der Waals surface area contributed by atoms with Gasteiger partial charge in [-0.05, 0) is 48.0 Å². The Kier molecular flexibility index (Phi) is 5.89. The normalized spacial score (nSPS) is 11.0. The Labute approximate surface area is 183 Å². The molecule has 0 saturated heterocycles. The maximum absolute atomic E-state index is 12.6. The minimum absolute atomic E-state index is 0.0790. The highest BCUT2D eigenvalue weighted by molar-refractivity contribution is 6.06. The van der Waals surface area contributed by atoms with Crippen LogP contribution in [0.5, 0.6) is 5.75 Å². The minimum Gasteiger partial charge on any atom is -0.496 e. The molecular weight excluding hydrogens is 410 g/mol. The molecule has 0 bridgehead atoms. The summed E-state index contributed by atoms with van der Waals surface area (Å²) in [6, 6.07) is 12.7. The summed E-state index contributed by atoms with van der Waals surface area (Å²) in [7, 11) is 1.55. The second-order valence-corrected chi connectivity index (χ2v) is 6.94. The molecule has 0 fully saturated rings. The molecule has 160 valence electrons. The number of ketones is 1. The lowest BCUT2D eigenvalue weighted by molar-refractivity contribution is -0.385. The zero-order valence-electron chi connectivity index (χ0n) is 17.2. The number of ether oxygens (including phenoxy) is 1. The standard InChI is InChI=1S/C23H19N5O4/c1-32-23-9-3-17(12-19(23)14-27-15-21(13-25-27)28(30)31)2-8-22(29)18-4-6-20(7-5-18)26-11-10-24-16-26/h2-13,15-16H,14H2,1H3/b8-2+. The van der Waals surface area contributed by atoms with Crippen LogP contribution in [-0.2, 0) is 6.54 Å². The summed E-state index contributed by atoms with van der Waals surface area (Å²) in [4.78, 5) is 27.0. The Balaban J connectivity index is 1.50. The number of carbonyl (C=O) groups is 1. The fourth-order valence-electron chi connectivity index (χ4n) is 3.21. The van der Waals surface area contributed by atoms with Crippen molar-refractivity contribution in [1.82, 2.24) is 19.3 Å². The molecule has 0 aliphatic heterocycles. The fraction of sp³-hybridized carbons (Fsp3) is 0.0870. The SMILES string of the molecule is COc1ccc(/C=C/C(=O)c2ccc(-n3ccnc3)cc2)cc1Cn1cc([N+](=O)[O-])cn1. The number of aromatic nitrogens is 4. The van der Waals surface area contributed by atoms with Gasteiger partial charge in [-0.2, -0.15) is 5.10 Å². The van der Waals surface area contributed by atoms with E-state index < -0.39 is 4.92 Å². The molecule has 0 saturated carbocycles. The van der Waals surface area contributed by atoms with Crippen molar-refractivity contribution < 1.29 is 14.5 Å². The molecule has 0 amide bonds. The maximum Gasteiger partial charge on any atom is 0.307 e. The number of allylic oxidation sites excluding steroid dienone is 1. The third-order valence-corrected chi connectivity index (χ3v) is 4.85. The molecule has 2 aromatic carbocycles. The highest BCUT2D eigenvalue weighted by Crippen LogP contribution is 2.22. The summed E-state index contributed by atoms with van der Waals surface area (Å²) in [6.45, 7) is 0.294. The van der Waals surface area contributed by atoms with Gasteiger partial charge in [0.05, 0.1) is 24.9 Å². The molecule has 32 heavy (non-hydrogen) atoms. The van der Waals surface area contributed by atoms with E-state index in [0.29, 0.717) is 17.9 Å². The van der Waals surface area contributed by atoms with Crippen LogP contribution in [-0.4, -0.2) is 37.1 Å². The van der Waals surface area contributed by atoms with Gasteiger partial charge in [-0.15, -0.1) is 0 Å². The van der Waals surface area contributed by atoms with Crippen molar-refractivity contribution in [3.05, 3.63) is 106 Å². The Morgan fingerprint density at radius 3 is 2.69 bits per heavy atom. The first-order chi connectivity index (χ1) is 15.5. The summed E-state index contributed by atoms with van der Waals surface area (Å²) in [5.41, 5.74) is 2.99. The predicted molar refractivity (Wildman–Crippen MR) is 118 cm³/mol. The highest BCUT2D eigenvalue weighted by Gasteiger charge is 2.11. The second-order valence-electron chi connectivity index (χ2n) is 6.94. The number of benzene rings is 2. The van der Waals surface area contributed by atoms with Gasteiger partial charge in [-0.1, -0.05) is 12.1 Å². The first-order valence-electron chi connectivity index (χ1n) is 9.68. The zero-order chi connectivity index (χ0) is 22.5. The van der Waals surface area contributed by atoms with Crippen LogP contribution in [0.1, 0.15) is 21.5 Å². The molecular formula is C23H19N5O4. The topological polar surface area (TPSA) is 105 Å². The van der Waals surface area contributed by atoms with E-state index in [1.54, 1.807) is 43.9 Å². The van der Waals surface area contributed by atoms with Gasteiger partial charge in [0.25, 0.3) is 0 Å². The number of imidazole rings is 1. The van der Waals surface area contributed by atoms with Gasteiger partial charge in [-0.25, -0.2) is 4.98 Å². The van der Waals surface area contributed by atoms with Crippen LogP contribution >= 0.6 is 0 Å². The third kappa shape index (κ3) is 4.62. The highest BCUT2D eigenvalue weighted by atomic mass is 16.6. The first kappa shape index (κ1) is 20.7. The van der Waals surface area contributed by atoms with Gasteiger partial charge in [-0.3, -0.25) is 19.6 Å². The molecule has 0 radical (unpaired) electrons. The molecule has 2 aromatic heterocycles. The second kappa shape index (κ2) is 9.09. The molecule has 9 nitrogen and oxygen atoms in total. The van der Waals surface area contributed by atoms with Crippen molar-refractivity contribution in [2.24, 2.45) is 0 Å². The van der Waals surface area contributed by atoms with Crippen molar-refractivity contribution in [2.45, 2.75) is 6.54 Å². The first-order valence-corrected chi connectivity index (χ1v) is 9.68. The van der Waals surface area contributed by atoms with E-state index in [0.717, 1.165) is 16.8 Å². The fourth-order valence-corrected chi connectivity index (χ4v) is 3.21. The third-order valence-electron chi connectivity index (χ3n) is 4.85. The predicted octanol–water partition coefficient (Wildman–Crippen LogP) is 3.93. The summed E-state index contributed by atoms with van der Waals surface area (Å²) in [6.07, 6.45) is 11.0. The molecule has 0 aliphatic rings. The number of methoxy groups -OCH3 is 1. The average Bonchev–Trinajstić information content (AvgIpc) is 3.50.